The summed E-state index contributed by atoms with van der Waals surface area (Å²) < 4.78 is 0. The molecule has 0 radical (unpaired) electrons. The molecule has 0 bridgehead atoms. The van der Waals surface area contributed by atoms with Crippen molar-refractivity contribution in [3.63, 3.8) is 0 Å². The van der Waals surface area contributed by atoms with Crippen LogP contribution >= 0.6 is 0 Å². The summed E-state index contributed by atoms with van der Waals surface area (Å²) in [6.07, 6.45) is 4.53. The van der Waals surface area contributed by atoms with Crippen LogP contribution in [-0.2, 0) is 25.7 Å². The Kier molecular flexibility index (Phi) is 18.5. The van der Waals surface area contributed by atoms with Crippen LogP contribution in [0.3, 0.4) is 0 Å². The summed E-state index contributed by atoms with van der Waals surface area (Å²) in [5.74, 6) is 13.2. The largest absolute Gasteiger partial charge is 0.389 e. The van der Waals surface area contributed by atoms with Crippen LogP contribution < -0.4 is 0 Å². The van der Waals surface area contributed by atoms with Crippen molar-refractivity contribution in [1.82, 2.24) is 0 Å². The molecule has 0 aliphatic rings. The number of benzene rings is 5. The molecule has 1 N–H and O–H groups in total. The Bertz CT molecular complexity index is 1650. The summed E-state index contributed by atoms with van der Waals surface area (Å²) in [6.45, 7) is 21.2. The van der Waals surface area contributed by atoms with Crippen molar-refractivity contribution in [2.75, 3.05) is 0 Å². The Morgan fingerprint density at radius 3 is 1.00 bits per heavy atom. The molecule has 1 heteroatoms. The van der Waals surface area contributed by atoms with Crippen molar-refractivity contribution in [3.05, 3.63) is 216 Å². The Morgan fingerprint density at radius 2 is 0.735 bits per heavy atom. The third kappa shape index (κ3) is 15.7. The van der Waals surface area contributed by atoms with Gasteiger partial charge in [-0.2, -0.15) is 0 Å². The van der Waals surface area contributed by atoms with E-state index in [1.807, 2.05) is 0 Å². The first-order chi connectivity index (χ1) is 23.9. The van der Waals surface area contributed by atoms with E-state index in [4.69, 9.17) is 5.11 Å². The molecule has 0 heterocycles. The van der Waals surface area contributed by atoms with Crippen molar-refractivity contribution < 1.29 is 5.11 Å². The van der Waals surface area contributed by atoms with Crippen LogP contribution in [-0.4, -0.2) is 11.2 Å². The molecule has 1 unspecified atom stereocenters. The Morgan fingerprint density at radius 1 is 0.490 bits per heavy atom. The Hall–Kier alpha value is -5.60. The maximum Gasteiger partial charge on any atom is 0.0690 e. The normalized spacial score (nSPS) is 9.96. The molecule has 0 saturated heterocycles. The molecule has 0 aromatic heterocycles. The van der Waals surface area contributed by atoms with Gasteiger partial charge in [0.25, 0.3) is 0 Å². The summed E-state index contributed by atoms with van der Waals surface area (Å²) in [5, 5.41) is 8.24. The van der Waals surface area contributed by atoms with Gasteiger partial charge >= 0.3 is 0 Å². The molecular weight excluding hydrogens is 593 g/mol. The molecule has 0 fully saturated rings. The number of aliphatic hydroxyl groups excluding tert-OH is 1. The van der Waals surface area contributed by atoms with E-state index in [-0.39, 0.29) is 6.10 Å². The van der Waals surface area contributed by atoms with E-state index in [1.165, 1.54) is 50.6 Å². The van der Waals surface area contributed by atoms with Crippen LogP contribution in [0.5, 0.6) is 0 Å². The van der Waals surface area contributed by atoms with E-state index in [9.17, 15) is 0 Å². The van der Waals surface area contributed by atoms with Gasteiger partial charge in [-0.3, -0.25) is 0 Å². The summed E-state index contributed by atoms with van der Waals surface area (Å²) in [6, 6.07) is 43.3. The van der Waals surface area contributed by atoms with E-state index in [0.717, 1.165) is 36.8 Å². The molecule has 0 aliphatic heterocycles. The predicted octanol–water partition coefficient (Wildman–Crippen LogP) is 10.8. The lowest BCUT2D eigenvalue weighted by atomic mass is 10.0. The van der Waals surface area contributed by atoms with Crippen LogP contribution in [0.1, 0.15) is 62.6 Å². The number of aryl methyl sites for hydroxylation is 2. The molecule has 5 rings (SSSR count). The Labute approximate surface area is 296 Å². The minimum atomic E-state index is -0.352. The van der Waals surface area contributed by atoms with Crippen LogP contribution in [0, 0.1) is 37.5 Å². The second-order valence-electron chi connectivity index (χ2n) is 11.5. The standard InChI is InChI=1S/C40H34.C4H8O.2C2H4/c1-31-9-13-37(14-10-31)29-39-25-21-35(22-26-39)7-3-5-33-17-19-34(20-18-33)6-4-8-36-23-27-40(28-24-36)30-38-15-11-32(2)12-16-38;1-3-4(2)5;2*1-2/h9-28H,7-8,29-30H2,1-2H3;3-5H,1H2,2H3;2*1-2H2. The van der Waals surface area contributed by atoms with Crippen molar-refractivity contribution in [1.29, 1.82) is 0 Å². The van der Waals surface area contributed by atoms with Gasteiger partial charge in [-0.05, 0) is 91.3 Å². The van der Waals surface area contributed by atoms with Gasteiger partial charge in [0.2, 0.25) is 0 Å². The number of rotatable bonds is 7. The average molecular weight is 643 g/mol. The summed E-state index contributed by atoms with van der Waals surface area (Å²) in [5.41, 5.74) is 12.5. The number of aliphatic hydroxyl groups is 1. The zero-order chi connectivity index (χ0) is 35.9. The lowest BCUT2D eigenvalue weighted by Gasteiger charge is -2.04. The number of hydrogen-bond donors (Lipinski definition) is 1. The zero-order valence-electron chi connectivity index (χ0n) is 29.5. The molecule has 0 spiro atoms. The molecule has 5 aromatic carbocycles. The van der Waals surface area contributed by atoms with Crippen molar-refractivity contribution >= 4 is 0 Å². The smallest absolute Gasteiger partial charge is 0.0690 e. The molecule has 0 amide bonds. The molecule has 0 aliphatic carbocycles. The minimum Gasteiger partial charge on any atom is -0.389 e. The average Bonchev–Trinajstić information content (AvgIpc) is 3.14. The van der Waals surface area contributed by atoms with Gasteiger partial charge in [0.15, 0.2) is 0 Å². The van der Waals surface area contributed by atoms with Crippen molar-refractivity contribution in [3.8, 4) is 23.7 Å². The minimum absolute atomic E-state index is 0.352. The van der Waals surface area contributed by atoms with Crippen LogP contribution in [0.4, 0.5) is 0 Å². The molecule has 49 heavy (non-hydrogen) atoms. The number of hydrogen-bond acceptors (Lipinski definition) is 1. The molecule has 1 nitrogen and oxygen atoms in total. The Balaban J connectivity index is 0.000000837. The van der Waals surface area contributed by atoms with Crippen LogP contribution in [0.25, 0.3) is 0 Å². The van der Waals surface area contributed by atoms with Gasteiger partial charge in [0.1, 0.15) is 0 Å². The van der Waals surface area contributed by atoms with Gasteiger partial charge in [0, 0.05) is 24.0 Å². The highest BCUT2D eigenvalue weighted by atomic mass is 16.3. The third-order valence-electron chi connectivity index (χ3n) is 7.38. The topological polar surface area (TPSA) is 20.2 Å². The van der Waals surface area contributed by atoms with Crippen molar-refractivity contribution in [2.24, 2.45) is 0 Å². The highest BCUT2D eigenvalue weighted by molar-refractivity contribution is 5.43. The first kappa shape index (κ1) is 39.6. The molecule has 0 saturated carbocycles. The maximum atomic E-state index is 8.24. The SMILES string of the molecule is C=C.C=C.C=CC(C)O.Cc1ccc(Cc2ccc(CC#Cc3ccc(C#CCc4ccc(Cc5ccc(C)cc5)cc4)cc3)cc2)cc1. The second kappa shape index (κ2) is 22.8. The van der Waals surface area contributed by atoms with Gasteiger partial charge in [-0.1, -0.05) is 138 Å². The fraction of sp³-hybridized carbons (Fsp3) is 0.167. The van der Waals surface area contributed by atoms with E-state index >= 15 is 0 Å². The lowest BCUT2D eigenvalue weighted by Crippen LogP contribution is -1.90. The highest BCUT2D eigenvalue weighted by Gasteiger charge is 1.99. The monoisotopic (exact) mass is 642 g/mol. The second-order valence-corrected chi connectivity index (χ2v) is 11.5. The fourth-order valence-electron chi connectivity index (χ4n) is 4.57. The molecular formula is C48H50O. The van der Waals surface area contributed by atoms with E-state index in [1.54, 1.807) is 6.92 Å². The lowest BCUT2D eigenvalue weighted by molar-refractivity contribution is 0.244. The third-order valence-corrected chi connectivity index (χ3v) is 7.38. The van der Waals surface area contributed by atoms with Gasteiger partial charge in [-0.25, -0.2) is 0 Å². The van der Waals surface area contributed by atoms with Crippen LogP contribution in [0.2, 0.25) is 0 Å². The molecule has 1 atom stereocenters. The first-order valence-corrected chi connectivity index (χ1v) is 16.5. The quantitative estimate of drug-likeness (QED) is 0.138. The zero-order valence-corrected chi connectivity index (χ0v) is 29.5. The highest BCUT2D eigenvalue weighted by Crippen LogP contribution is 2.14. The predicted molar refractivity (Wildman–Crippen MR) is 213 cm³/mol. The first-order valence-electron chi connectivity index (χ1n) is 16.5. The van der Waals surface area contributed by atoms with E-state index < -0.39 is 0 Å². The van der Waals surface area contributed by atoms with Gasteiger partial charge in [-0.15, -0.1) is 32.9 Å². The fourth-order valence-corrected chi connectivity index (χ4v) is 4.57. The summed E-state index contributed by atoms with van der Waals surface area (Å²) in [4.78, 5) is 0. The van der Waals surface area contributed by atoms with E-state index in [0.29, 0.717) is 0 Å². The van der Waals surface area contributed by atoms with Crippen LogP contribution in [0.15, 0.2) is 160 Å². The molecule has 248 valence electrons. The summed E-state index contributed by atoms with van der Waals surface area (Å²) >= 11 is 0. The van der Waals surface area contributed by atoms with Gasteiger partial charge in [0.05, 0.1) is 6.10 Å². The van der Waals surface area contributed by atoms with Gasteiger partial charge < -0.3 is 5.11 Å². The van der Waals surface area contributed by atoms with Crippen molar-refractivity contribution in [2.45, 2.75) is 52.6 Å². The molecule has 5 aromatic rings. The maximum absolute atomic E-state index is 8.24. The summed E-state index contributed by atoms with van der Waals surface area (Å²) in [7, 11) is 0. The van der Waals surface area contributed by atoms with E-state index in [2.05, 4.69) is 192 Å².